The fraction of sp³-hybridized carbons (Fsp3) is 0.556. The third-order valence-electron chi connectivity index (χ3n) is 5.55. The third-order valence-corrected chi connectivity index (χ3v) is 5.55. The summed E-state index contributed by atoms with van der Waals surface area (Å²) in [4.78, 5) is 21.7. The summed E-state index contributed by atoms with van der Waals surface area (Å²) in [6.45, 7) is 0. The molecule has 0 aromatic heterocycles. The number of primary amides is 1. The number of nitrogens with two attached hydrogens (primary N) is 1. The minimum Gasteiger partial charge on any atom is -0.481 e. The molecule has 0 radical (unpaired) electrons. The molecule has 4 nitrogen and oxygen atoms in total. The zero-order valence-electron chi connectivity index (χ0n) is 12.7. The van der Waals surface area contributed by atoms with Crippen molar-refractivity contribution in [3.05, 3.63) is 35.9 Å². The van der Waals surface area contributed by atoms with Crippen LogP contribution >= 0.6 is 0 Å². The lowest BCUT2D eigenvalue weighted by atomic mass is 9.49. The molecule has 0 atom stereocenters. The number of carboxylic acid groups (broad SMARTS) is 1. The summed E-state index contributed by atoms with van der Waals surface area (Å²) in [6.07, 6.45) is 6.92. The minimum absolute atomic E-state index is 0.283. The van der Waals surface area contributed by atoms with Crippen molar-refractivity contribution < 1.29 is 14.7 Å². The second-order valence-corrected chi connectivity index (χ2v) is 7.23. The van der Waals surface area contributed by atoms with E-state index in [0.717, 1.165) is 37.0 Å². The summed E-state index contributed by atoms with van der Waals surface area (Å²) >= 11 is 0. The quantitative estimate of drug-likeness (QED) is 0.881. The van der Waals surface area contributed by atoms with Crippen molar-refractivity contribution in [3.8, 4) is 0 Å². The van der Waals surface area contributed by atoms with Crippen LogP contribution in [0.15, 0.2) is 30.3 Å². The summed E-state index contributed by atoms with van der Waals surface area (Å²) in [6, 6.07) is 8.76. The molecule has 0 heterocycles. The van der Waals surface area contributed by atoms with E-state index in [4.69, 9.17) is 5.73 Å². The van der Waals surface area contributed by atoms with Crippen molar-refractivity contribution in [1.29, 1.82) is 0 Å². The van der Waals surface area contributed by atoms with Gasteiger partial charge in [0.1, 0.15) is 0 Å². The molecule has 118 valence electrons. The van der Waals surface area contributed by atoms with Gasteiger partial charge in [0, 0.05) is 5.56 Å². The lowest BCUT2D eigenvalue weighted by molar-refractivity contribution is -0.164. The number of hydrogen-bond acceptors (Lipinski definition) is 2. The average Bonchev–Trinajstić information content (AvgIpc) is 2.47. The van der Waals surface area contributed by atoms with Crippen LogP contribution < -0.4 is 5.73 Å². The van der Waals surface area contributed by atoms with Crippen LogP contribution in [0.1, 0.15) is 48.9 Å². The van der Waals surface area contributed by atoms with Crippen molar-refractivity contribution in [2.24, 2.45) is 28.9 Å². The van der Waals surface area contributed by atoms with Gasteiger partial charge in [0.05, 0.1) is 5.41 Å². The first-order chi connectivity index (χ1) is 10.5. The second-order valence-electron chi connectivity index (χ2n) is 7.23. The Hall–Kier alpha value is -1.84. The third kappa shape index (κ3) is 2.87. The van der Waals surface area contributed by atoms with Crippen LogP contribution in [0.2, 0.25) is 0 Å². The van der Waals surface area contributed by atoms with Crippen molar-refractivity contribution in [2.45, 2.75) is 38.5 Å². The van der Waals surface area contributed by atoms with Crippen LogP contribution in [0, 0.1) is 23.2 Å². The largest absolute Gasteiger partial charge is 0.481 e. The maximum absolute atomic E-state index is 11.3. The molecule has 0 saturated heterocycles. The molecule has 0 unspecified atom stereocenters. The fourth-order valence-electron chi connectivity index (χ4n) is 4.97. The van der Waals surface area contributed by atoms with Gasteiger partial charge in [-0.2, -0.15) is 0 Å². The summed E-state index contributed by atoms with van der Waals surface area (Å²) in [7, 11) is 0. The number of benzene rings is 1. The molecular formula is C18H23NO3. The molecule has 4 bridgehead atoms. The van der Waals surface area contributed by atoms with E-state index >= 15 is 0 Å². The maximum atomic E-state index is 11.3. The highest BCUT2D eigenvalue weighted by Crippen LogP contribution is 2.59. The van der Waals surface area contributed by atoms with Crippen molar-refractivity contribution in [3.63, 3.8) is 0 Å². The molecule has 1 aromatic carbocycles. The van der Waals surface area contributed by atoms with Crippen LogP contribution in [-0.2, 0) is 4.79 Å². The van der Waals surface area contributed by atoms with E-state index in [0.29, 0.717) is 5.56 Å². The number of carbonyl (C=O) groups excluding carboxylic acids is 1. The molecule has 4 aliphatic rings. The van der Waals surface area contributed by atoms with Gasteiger partial charge in [-0.3, -0.25) is 9.59 Å². The highest BCUT2D eigenvalue weighted by Gasteiger charge is 2.54. The molecule has 4 aliphatic carbocycles. The molecule has 0 spiro atoms. The Labute approximate surface area is 130 Å². The Bertz CT molecular complexity index is 532. The van der Waals surface area contributed by atoms with Gasteiger partial charge in [-0.15, -0.1) is 0 Å². The minimum atomic E-state index is -0.508. The first-order valence-electron chi connectivity index (χ1n) is 8.07. The van der Waals surface area contributed by atoms with Gasteiger partial charge in [-0.05, 0) is 68.4 Å². The number of carbonyl (C=O) groups is 2. The number of hydrogen-bond donors (Lipinski definition) is 2. The highest BCUT2D eigenvalue weighted by molar-refractivity contribution is 5.92. The molecule has 5 rings (SSSR count). The average molecular weight is 301 g/mol. The molecule has 4 saturated carbocycles. The van der Waals surface area contributed by atoms with E-state index < -0.39 is 5.97 Å². The lowest BCUT2D eigenvalue weighted by Gasteiger charge is -2.54. The van der Waals surface area contributed by atoms with Crippen LogP contribution in [0.3, 0.4) is 0 Å². The molecule has 4 fully saturated rings. The molecular weight excluding hydrogens is 278 g/mol. The smallest absolute Gasteiger partial charge is 0.309 e. The van der Waals surface area contributed by atoms with Crippen molar-refractivity contribution in [1.82, 2.24) is 0 Å². The molecule has 3 N–H and O–H groups in total. The molecule has 4 heteroatoms. The van der Waals surface area contributed by atoms with Crippen molar-refractivity contribution >= 4 is 11.9 Å². The van der Waals surface area contributed by atoms with Gasteiger partial charge in [0.15, 0.2) is 0 Å². The van der Waals surface area contributed by atoms with Gasteiger partial charge >= 0.3 is 5.97 Å². The highest BCUT2D eigenvalue weighted by atomic mass is 16.4. The zero-order valence-corrected chi connectivity index (χ0v) is 12.7. The first-order valence-corrected chi connectivity index (χ1v) is 8.07. The van der Waals surface area contributed by atoms with E-state index in [2.05, 4.69) is 0 Å². The van der Waals surface area contributed by atoms with E-state index in [1.807, 2.05) is 6.07 Å². The predicted molar refractivity (Wildman–Crippen MR) is 83.2 cm³/mol. The Morgan fingerprint density at radius 3 is 1.73 bits per heavy atom. The van der Waals surface area contributed by atoms with Crippen LogP contribution in [0.4, 0.5) is 0 Å². The Morgan fingerprint density at radius 1 is 0.955 bits per heavy atom. The number of rotatable bonds is 2. The summed E-state index contributed by atoms with van der Waals surface area (Å²) in [5.74, 6) is 1.37. The molecule has 1 aromatic rings. The summed E-state index contributed by atoms with van der Waals surface area (Å²) < 4.78 is 0. The van der Waals surface area contributed by atoms with Crippen LogP contribution in [0.25, 0.3) is 0 Å². The van der Waals surface area contributed by atoms with Gasteiger partial charge in [-0.1, -0.05) is 18.2 Å². The maximum Gasteiger partial charge on any atom is 0.309 e. The first kappa shape index (κ1) is 15.1. The number of carboxylic acids is 1. The number of amides is 1. The van der Waals surface area contributed by atoms with Crippen LogP contribution in [0.5, 0.6) is 0 Å². The van der Waals surface area contributed by atoms with E-state index in [1.165, 1.54) is 19.3 Å². The standard InChI is InChI=1S/C11H16O2.C7H7NO/c12-10(13)11-4-7-1-8(5-11)3-9(2-7)6-11;8-7(9)6-4-2-1-3-5-6/h7-9H,1-6H2,(H,12,13);1-5H,(H2,8,9). The topological polar surface area (TPSA) is 80.4 Å². The predicted octanol–water partition coefficient (Wildman–Crippen LogP) is 3.07. The Kier molecular flexibility index (Phi) is 3.94. The second kappa shape index (κ2) is 5.75. The van der Waals surface area contributed by atoms with Crippen molar-refractivity contribution in [2.75, 3.05) is 0 Å². The summed E-state index contributed by atoms with van der Waals surface area (Å²) in [5.41, 5.74) is 5.25. The normalized spacial score (nSPS) is 34.6. The molecule has 1 amide bonds. The molecule has 22 heavy (non-hydrogen) atoms. The monoisotopic (exact) mass is 301 g/mol. The summed E-state index contributed by atoms with van der Waals surface area (Å²) in [5, 5.41) is 9.28. The Balaban J connectivity index is 0.000000142. The van der Waals surface area contributed by atoms with E-state index in [9.17, 15) is 14.7 Å². The van der Waals surface area contributed by atoms with Crippen LogP contribution in [-0.4, -0.2) is 17.0 Å². The van der Waals surface area contributed by atoms with Gasteiger partial charge in [-0.25, -0.2) is 0 Å². The van der Waals surface area contributed by atoms with Gasteiger partial charge in [0.25, 0.3) is 0 Å². The zero-order chi connectivity index (χ0) is 15.7. The van der Waals surface area contributed by atoms with Gasteiger partial charge in [0.2, 0.25) is 5.91 Å². The van der Waals surface area contributed by atoms with E-state index in [1.54, 1.807) is 24.3 Å². The van der Waals surface area contributed by atoms with E-state index in [-0.39, 0.29) is 11.3 Å². The molecule has 0 aliphatic heterocycles. The lowest BCUT2D eigenvalue weighted by Crippen LogP contribution is -2.49. The van der Waals surface area contributed by atoms with Gasteiger partial charge < -0.3 is 10.8 Å². The Morgan fingerprint density at radius 2 is 1.41 bits per heavy atom. The number of aliphatic carboxylic acids is 1. The fourth-order valence-corrected chi connectivity index (χ4v) is 4.97. The SMILES string of the molecule is NC(=O)c1ccccc1.O=C(O)C12CC3CC(CC(C3)C1)C2.